The van der Waals surface area contributed by atoms with E-state index in [0.717, 1.165) is 5.75 Å². The van der Waals surface area contributed by atoms with E-state index in [1.165, 1.54) is 17.5 Å². The first-order valence-electron chi connectivity index (χ1n) is 5.09. The Balaban J connectivity index is 2.31. The minimum Gasteiger partial charge on any atom is -0.438 e. The lowest BCUT2D eigenvalue weighted by molar-refractivity contribution is 0.458. The Morgan fingerprint density at radius 1 is 1.18 bits per heavy atom. The molecule has 5 heteroatoms. The molecule has 2 aromatic rings. The normalized spacial score (nSPS) is 10.3. The zero-order chi connectivity index (χ0) is 12.4. The molecule has 0 aliphatic carbocycles. The predicted molar refractivity (Wildman–Crippen MR) is 70.1 cm³/mol. The van der Waals surface area contributed by atoms with Crippen LogP contribution < -0.4 is 10.5 Å². The van der Waals surface area contributed by atoms with Crippen LogP contribution in [0.5, 0.6) is 11.6 Å². The zero-order valence-electron chi connectivity index (χ0n) is 9.57. The van der Waals surface area contributed by atoms with Crippen molar-refractivity contribution in [3.63, 3.8) is 0 Å². The lowest BCUT2D eigenvalue weighted by Gasteiger charge is -2.08. The summed E-state index contributed by atoms with van der Waals surface area (Å²) in [5, 5.41) is 0. The van der Waals surface area contributed by atoms with E-state index in [1.807, 2.05) is 25.1 Å². The van der Waals surface area contributed by atoms with Gasteiger partial charge in [0.15, 0.2) is 0 Å². The van der Waals surface area contributed by atoms with Gasteiger partial charge in [-0.05, 0) is 53.0 Å². The third kappa shape index (κ3) is 2.55. The summed E-state index contributed by atoms with van der Waals surface area (Å²) in [6, 6.07) is 5.86. The van der Waals surface area contributed by atoms with Gasteiger partial charge in [0, 0.05) is 0 Å². The summed E-state index contributed by atoms with van der Waals surface area (Å²) >= 11 is 3.30. The topological polar surface area (TPSA) is 61.0 Å². The highest BCUT2D eigenvalue weighted by Crippen LogP contribution is 2.30. The Bertz CT molecular complexity index is 557. The van der Waals surface area contributed by atoms with Gasteiger partial charge in [-0.25, -0.2) is 9.97 Å². The highest BCUT2D eigenvalue weighted by molar-refractivity contribution is 9.10. The quantitative estimate of drug-likeness (QED) is 0.923. The Labute approximate surface area is 108 Å². The van der Waals surface area contributed by atoms with Crippen LogP contribution in [0.3, 0.4) is 0 Å². The first-order valence-corrected chi connectivity index (χ1v) is 5.88. The summed E-state index contributed by atoms with van der Waals surface area (Å²) in [7, 11) is 0. The summed E-state index contributed by atoms with van der Waals surface area (Å²) in [6.45, 7) is 4.09. The number of nitrogens with two attached hydrogens (primary N) is 1. The number of hydrogen-bond donors (Lipinski definition) is 1. The van der Waals surface area contributed by atoms with Gasteiger partial charge in [0.2, 0.25) is 5.88 Å². The lowest BCUT2D eigenvalue weighted by atomic mass is 10.1. The molecule has 1 aromatic heterocycles. The standard InChI is InChI=1S/C12H12BrN3O/c1-7-3-4-9(5-8(7)2)17-12-10(13)11(14)15-6-16-12/h3-6H,1-2H3,(H2,14,15,16). The fraction of sp³-hybridized carbons (Fsp3) is 0.167. The van der Waals surface area contributed by atoms with Gasteiger partial charge in [-0.1, -0.05) is 6.07 Å². The van der Waals surface area contributed by atoms with Crippen LogP contribution in [0.15, 0.2) is 29.0 Å². The van der Waals surface area contributed by atoms with Crippen molar-refractivity contribution in [2.45, 2.75) is 13.8 Å². The first-order chi connectivity index (χ1) is 8.08. The van der Waals surface area contributed by atoms with Crippen molar-refractivity contribution in [2.24, 2.45) is 0 Å². The summed E-state index contributed by atoms with van der Waals surface area (Å²) in [4.78, 5) is 7.88. The molecule has 17 heavy (non-hydrogen) atoms. The largest absolute Gasteiger partial charge is 0.438 e. The van der Waals surface area contributed by atoms with Gasteiger partial charge in [-0.15, -0.1) is 0 Å². The Morgan fingerprint density at radius 2 is 1.94 bits per heavy atom. The van der Waals surface area contributed by atoms with Crippen molar-refractivity contribution in [1.82, 2.24) is 9.97 Å². The zero-order valence-corrected chi connectivity index (χ0v) is 11.2. The number of nitrogens with zero attached hydrogens (tertiary/aromatic N) is 2. The molecule has 0 saturated heterocycles. The van der Waals surface area contributed by atoms with E-state index in [-0.39, 0.29) is 0 Å². The maximum Gasteiger partial charge on any atom is 0.238 e. The summed E-state index contributed by atoms with van der Waals surface area (Å²) in [5.41, 5.74) is 8.04. The van der Waals surface area contributed by atoms with Crippen LogP contribution in [-0.2, 0) is 0 Å². The van der Waals surface area contributed by atoms with E-state index in [9.17, 15) is 0 Å². The Morgan fingerprint density at radius 3 is 2.65 bits per heavy atom. The van der Waals surface area contributed by atoms with Crippen molar-refractivity contribution in [3.05, 3.63) is 40.1 Å². The second-order valence-corrected chi connectivity index (χ2v) is 4.52. The minimum absolute atomic E-state index is 0.360. The van der Waals surface area contributed by atoms with Gasteiger partial charge in [0.25, 0.3) is 0 Å². The molecular weight excluding hydrogens is 282 g/mol. The smallest absolute Gasteiger partial charge is 0.238 e. The molecule has 2 rings (SSSR count). The minimum atomic E-state index is 0.360. The maximum absolute atomic E-state index is 5.65. The molecule has 2 N–H and O–H groups in total. The van der Waals surface area contributed by atoms with Crippen LogP contribution in [0.25, 0.3) is 0 Å². The number of halogens is 1. The second-order valence-electron chi connectivity index (χ2n) is 3.73. The van der Waals surface area contributed by atoms with E-state index < -0.39 is 0 Å². The van der Waals surface area contributed by atoms with Crippen molar-refractivity contribution in [3.8, 4) is 11.6 Å². The molecule has 0 aliphatic rings. The van der Waals surface area contributed by atoms with Crippen LogP contribution >= 0.6 is 15.9 Å². The van der Waals surface area contributed by atoms with E-state index in [4.69, 9.17) is 10.5 Å². The van der Waals surface area contributed by atoms with Gasteiger partial charge in [-0.2, -0.15) is 0 Å². The SMILES string of the molecule is Cc1ccc(Oc2ncnc(N)c2Br)cc1C. The van der Waals surface area contributed by atoms with Gasteiger partial charge in [0.05, 0.1) is 0 Å². The molecule has 88 valence electrons. The van der Waals surface area contributed by atoms with Crippen LogP contribution in [0.2, 0.25) is 0 Å². The fourth-order valence-electron chi connectivity index (χ4n) is 1.33. The number of nitrogen functional groups attached to an aromatic ring is 1. The van der Waals surface area contributed by atoms with E-state index in [0.29, 0.717) is 16.2 Å². The third-order valence-corrected chi connectivity index (χ3v) is 3.22. The van der Waals surface area contributed by atoms with Crippen molar-refractivity contribution < 1.29 is 4.74 Å². The van der Waals surface area contributed by atoms with E-state index >= 15 is 0 Å². The van der Waals surface area contributed by atoms with E-state index in [1.54, 1.807) is 0 Å². The molecule has 0 radical (unpaired) electrons. The average Bonchev–Trinajstić information content (AvgIpc) is 2.30. The monoisotopic (exact) mass is 293 g/mol. The molecule has 0 aliphatic heterocycles. The Hall–Kier alpha value is -1.62. The van der Waals surface area contributed by atoms with Gasteiger partial charge >= 0.3 is 0 Å². The number of anilines is 1. The molecule has 0 spiro atoms. The fourth-order valence-corrected chi connectivity index (χ4v) is 1.61. The molecule has 0 atom stereocenters. The summed E-state index contributed by atoms with van der Waals surface area (Å²) in [6.07, 6.45) is 1.37. The number of aryl methyl sites for hydroxylation is 2. The molecule has 1 heterocycles. The molecule has 4 nitrogen and oxygen atoms in total. The van der Waals surface area contributed by atoms with Crippen LogP contribution in [0, 0.1) is 13.8 Å². The molecule has 0 fully saturated rings. The van der Waals surface area contributed by atoms with Crippen molar-refractivity contribution in [2.75, 3.05) is 5.73 Å². The van der Waals surface area contributed by atoms with Gasteiger partial charge in [0.1, 0.15) is 22.4 Å². The maximum atomic E-state index is 5.65. The number of aromatic nitrogens is 2. The highest BCUT2D eigenvalue weighted by atomic mass is 79.9. The number of benzene rings is 1. The lowest BCUT2D eigenvalue weighted by Crippen LogP contribution is -1.97. The number of rotatable bonds is 2. The molecular formula is C12H12BrN3O. The average molecular weight is 294 g/mol. The molecule has 0 unspecified atom stereocenters. The number of hydrogen-bond acceptors (Lipinski definition) is 4. The third-order valence-electron chi connectivity index (χ3n) is 2.48. The second kappa shape index (κ2) is 4.71. The molecule has 0 saturated carbocycles. The number of ether oxygens (including phenoxy) is 1. The highest BCUT2D eigenvalue weighted by Gasteiger charge is 2.08. The Kier molecular flexibility index (Phi) is 3.28. The van der Waals surface area contributed by atoms with Gasteiger partial charge < -0.3 is 10.5 Å². The van der Waals surface area contributed by atoms with Crippen LogP contribution in [0.1, 0.15) is 11.1 Å². The van der Waals surface area contributed by atoms with Crippen LogP contribution in [0.4, 0.5) is 5.82 Å². The summed E-state index contributed by atoms with van der Waals surface area (Å²) in [5.74, 6) is 1.51. The van der Waals surface area contributed by atoms with E-state index in [2.05, 4.69) is 32.8 Å². The first kappa shape index (κ1) is 11.9. The molecule has 0 bridgehead atoms. The summed E-state index contributed by atoms with van der Waals surface area (Å²) < 4.78 is 6.22. The molecule has 0 amide bonds. The van der Waals surface area contributed by atoms with Crippen molar-refractivity contribution in [1.29, 1.82) is 0 Å². The van der Waals surface area contributed by atoms with Crippen molar-refractivity contribution >= 4 is 21.7 Å². The molecule has 1 aromatic carbocycles. The predicted octanol–water partition coefficient (Wildman–Crippen LogP) is 3.23. The van der Waals surface area contributed by atoms with Crippen LogP contribution in [-0.4, -0.2) is 9.97 Å². The van der Waals surface area contributed by atoms with Gasteiger partial charge in [-0.3, -0.25) is 0 Å².